The number of halogens is 1. The number of aryl methyl sites for hydroxylation is 1. The van der Waals surface area contributed by atoms with Gasteiger partial charge in [-0.3, -0.25) is 4.79 Å². The van der Waals surface area contributed by atoms with Crippen LogP contribution in [-0.2, 0) is 0 Å². The molecule has 152 valence electrons. The number of benzene rings is 2. The van der Waals surface area contributed by atoms with E-state index in [4.69, 9.17) is 0 Å². The van der Waals surface area contributed by atoms with Gasteiger partial charge in [-0.1, -0.05) is 24.3 Å². The first kappa shape index (κ1) is 19.4. The van der Waals surface area contributed by atoms with Gasteiger partial charge in [-0.25, -0.2) is 9.18 Å². The Balaban J connectivity index is 1.43. The van der Waals surface area contributed by atoms with E-state index < -0.39 is 0 Å². The van der Waals surface area contributed by atoms with Gasteiger partial charge in [-0.15, -0.1) is 0 Å². The fourth-order valence-corrected chi connectivity index (χ4v) is 4.68. The Morgan fingerprint density at radius 3 is 2.45 bits per heavy atom. The predicted octanol–water partition coefficient (Wildman–Crippen LogP) is 4.48. The van der Waals surface area contributed by atoms with Crippen molar-refractivity contribution in [2.24, 2.45) is 0 Å². The van der Waals surface area contributed by atoms with E-state index in [1.807, 2.05) is 36.1 Å². The number of rotatable bonds is 3. The molecule has 0 aliphatic carbocycles. The first-order valence-electron chi connectivity index (χ1n) is 10.2. The highest BCUT2D eigenvalue weighted by Crippen LogP contribution is 2.34. The molecule has 0 radical (unpaired) electrons. The van der Waals surface area contributed by atoms with E-state index in [1.54, 1.807) is 12.1 Å². The standard InChI is InChI=1S/C23H26FN3O2/c1-15-6-2-3-11-21(15)22(28)25-18-13-19-9-5-10-20(14-18)27(19)23(29)26-17-8-4-7-16(24)12-17/h2-4,6-8,11-12,18-20H,5,9-10,13-14H2,1H3,(H,25,28)(H,26,29). The Labute approximate surface area is 170 Å². The number of hydrogen-bond acceptors (Lipinski definition) is 2. The zero-order valence-corrected chi connectivity index (χ0v) is 16.5. The summed E-state index contributed by atoms with van der Waals surface area (Å²) in [4.78, 5) is 27.5. The fourth-order valence-electron chi connectivity index (χ4n) is 4.68. The van der Waals surface area contributed by atoms with Crippen LogP contribution in [-0.4, -0.2) is 35.0 Å². The molecule has 2 unspecified atom stereocenters. The van der Waals surface area contributed by atoms with Crippen LogP contribution in [0, 0.1) is 12.7 Å². The number of carbonyl (C=O) groups is 2. The van der Waals surface area contributed by atoms with Gasteiger partial charge in [0.25, 0.3) is 5.91 Å². The highest BCUT2D eigenvalue weighted by molar-refractivity contribution is 5.95. The topological polar surface area (TPSA) is 61.4 Å². The minimum Gasteiger partial charge on any atom is -0.349 e. The molecule has 2 aromatic carbocycles. The van der Waals surface area contributed by atoms with E-state index in [-0.39, 0.29) is 35.9 Å². The van der Waals surface area contributed by atoms with Crippen molar-refractivity contribution in [1.82, 2.24) is 10.2 Å². The Morgan fingerprint density at radius 2 is 1.76 bits per heavy atom. The van der Waals surface area contributed by atoms with E-state index in [0.29, 0.717) is 11.3 Å². The van der Waals surface area contributed by atoms with Crippen molar-refractivity contribution in [3.8, 4) is 0 Å². The molecule has 0 spiro atoms. The van der Waals surface area contributed by atoms with Crippen LogP contribution < -0.4 is 10.6 Å². The van der Waals surface area contributed by atoms with Crippen molar-refractivity contribution in [3.05, 3.63) is 65.5 Å². The molecule has 4 rings (SSSR count). The summed E-state index contributed by atoms with van der Waals surface area (Å²) < 4.78 is 13.4. The molecular formula is C23H26FN3O2. The number of urea groups is 1. The molecule has 0 aromatic heterocycles. The maximum atomic E-state index is 13.4. The highest BCUT2D eigenvalue weighted by atomic mass is 19.1. The third-order valence-electron chi connectivity index (χ3n) is 6.01. The number of piperidine rings is 2. The quantitative estimate of drug-likeness (QED) is 0.805. The van der Waals surface area contributed by atoms with E-state index in [2.05, 4.69) is 10.6 Å². The molecule has 2 aliphatic heterocycles. The molecule has 0 saturated carbocycles. The van der Waals surface area contributed by atoms with Crippen molar-refractivity contribution < 1.29 is 14.0 Å². The van der Waals surface area contributed by atoms with Crippen LogP contribution in [0.4, 0.5) is 14.9 Å². The molecule has 2 atom stereocenters. The van der Waals surface area contributed by atoms with Crippen LogP contribution >= 0.6 is 0 Å². The molecule has 2 aliphatic rings. The molecular weight excluding hydrogens is 369 g/mol. The zero-order chi connectivity index (χ0) is 20.4. The minimum absolute atomic E-state index is 0.0515. The number of amides is 3. The number of fused-ring (bicyclic) bond motifs is 2. The van der Waals surface area contributed by atoms with E-state index >= 15 is 0 Å². The van der Waals surface area contributed by atoms with Gasteiger partial charge in [0.05, 0.1) is 0 Å². The smallest absolute Gasteiger partial charge is 0.322 e. The molecule has 29 heavy (non-hydrogen) atoms. The fraction of sp³-hybridized carbons (Fsp3) is 0.391. The summed E-state index contributed by atoms with van der Waals surface area (Å²) in [7, 11) is 0. The van der Waals surface area contributed by atoms with Gasteiger partial charge in [0.1, 0.15) is 5.82 Å². The molecule has 2 N–H and O–H groups in total. The number of carbonyl (C=O) groups excluding carboxylic acids is 2. The molecule has 2 bridgehead atoms. The van der Waals surface area contributed by atoms with Gasteiger partial charge in [0, 0.05) is 29.4 Å². The largest absolute Gasteiger partial charge is 0.349 e. The maximum absolute atomic E-state index is 13.4. The Bertz CT molecular complexity index is 903. The van der Waals surface area contributed by atoms with Crippen molar-refractivity contribution in [2.45, 2.75) is 57.2 Å². The zero-order valence-electron chi connectivity index (χ0n) is 16.5. The first-order chi connectivity index (χ1) is 14.0. The summed E-state index contributed by atoms with van der Waals surface area (Å²) in [5, 5.41) is 6.00. The van der Waals surface area contributed by atoms with Gasteiger partial charge in [0.2, 0.25) is 0 Å². The normalized spacial score (nSPS) is 23.4. The lowest BCUT2D eigenvalue weighted by atomic mass is 9.82. The van der Waals surface area contributed by atoms with Crippen molar-refractivity contribution in [2.75, 3.05) is 5.32 Å². The minimum atomic E-state index is -0.374. The lowest BCUT2D eigenvalue weighted by Crippen LogP contribution is -2.59. The van der Waals surface area contributed by atoms with Crippen LogP contribution in [0.2, 0.25) is 0 Å². The van der Waals surface area contributed by atoms with Crippen LogP contribution in [0.3, 0.4) is 0 Å². The molecule has 3 amide bonds. The summed E-state index contributed by atoms with van der Waals surface area (Å²) in [6.07, 6.45) is 4.40. The lowest BCUT2D eigenvalue weighted by molar-refractivity contribution is 0.0577. The third-order valence-corrected chi connectivity index (χ3v) is 6.01. The van der Waals surface area contributed by atoms with E-state index in [0.717, 1.165) is 37.7 Å². The van der Waals surface area contributed by atoms with Gasteiger partial charge >= 0.3 is 6.03 Å². The van der Waals surface area contributed by atoms with Crippen molar-refractivity contribution in [3.63, 3.8) is 0 Å². The molecule has 5 nitrogen and oxygen atoms in total. The van der Waals surface area contributed by atoms with Gasteiger partial charge in [-0.05, 0) is 68.9 Å². The second kappa shape index (κ2) is 8.23. The van der Waals surface area contributed by atoms with Crippen LogP contribution in [0.25, 0.3) is 0 Å². The summed E-state index contributed by atoms with van der Waals surface area (Å²) in [5.74, 6) is -0.426. The summed E-state index contributed by atoms with van der Waals surface area (Å²) in [6.45, 7) is 1.93. The Morgan fingerprint density at radius 1 is 1.03 bits per heavy atom. The second-order valence-corrected chi connectivity index (χ2v) is 8.04. The first-order valence-corrected chi connectivity index (χ1v) is 10.2. The monoisotopic (exact) mass is 395 g/mol. The summed E-state index contributed by atoms with van der Waals surface area (Å²) >= 11 is 0. The maximum Gasteiger partial charge on any atom is 0.322 e. The van der Waals surface area contributed by atoms with Crippen LogP contribution in [0.1, 0.15) is 48.0 Å². The molecule has 2 heterocycles. The molecule has 2 saturated heterocycles. The summed E-state index contributed by atoms with van der Waals surface area (Å²) in [5.41, 5.74) is 2.11. The van der Waals surface area contributed by atoms with Gasteiger partial charge in [0.15, 0.2) is 0 Å². The highest BCUT2D eigenvalue weighted by Gasteiger charge is 2.41. The van der Waals surface area contributed by atoms with Gasteiger partial charge < -0.3 is 15.5 Å². The van der Waals surface area contributed by atoms with Crippen LogP contribution in [0.5, 0.6) is 0 Å². The Hall–Kier alpha value is -2.89. The Kier molecular flexibility index (Phi) is 5.51. The average molecular weight is 395 g/mol. The van der Waals surface area contributed by atoms with Crippen molar-refractivity contribution in [1.29, 1.82) is 0 Å². The molecule has 2 aromatic rings. The third kappa shape index (κ3) is 4.26. The average Bonchev–Trinajstić information content (AvgIpc) is 2.67. The van der Waals surface area contributed by atoms with Crippen LogP contribution in [0.15, 0.2) is 48.5 Å². The summed E-state index contributed by atoms with van der Waals surface area (Å²) in [6, 6.07) is 13.5. The second-order valence-electron chi connectivity index (χ2n) is 8.04. The lowest BCUT2D eigenvalue weighted by Gasteiger charge is -2.48. The van der Waals surface area contributed by atoms with E-state index in [9.17, 15) is 14.0 Å². The number of anilines is 1. The number of hydrogen-bond donors (Lipinski definition) is 2. The SMILES string of the molecule is Cc1ccccc1C(=O)NC1CC2CCCC(C1)N2C(=O)Nc1cccc(F)c1. The number of nitrogens with zero attached hydrogens (tertiary/aromatic N) is 1. The molecule has 2 fully saturated rings. The molecule has 6 heteroatoms. The number of nitrogens with one attached hydrogen (secondary N) is 2. The van der Waals surface area contributed by atoms with E-state index in [1.165, 1.54) is 12.1 Å². The predicted molar refractivity (Wildman–Crippen MR) is 110 cm³/mol. The van der Waals surface area contributed by atoms with Crippen molar-refractivity contribution >= 4 is 17.6 Å². The van der Waals surface area contributed by atoms with Gasteiger partial charge in [-0.2, -0.15) is 0 Å².